The molecule has 0 aliphatic rings. The number of aliphatic hydroxyl groups excluding tert-OH is 2. The van der Waals surface area contributed by atoms with Gasteiger partial charge in [-0.3, -0.25) is 0 Å². The maximum atomic E-state index is 11.1. The zero-order valence-electron chi connectivity index (χ0n) is 17.7. The van der Waals surface area contributed by atoms with E-state index in [1.165, 1.54) is 0 Å². The summed E-state index contributed by atoms with van der Waals surface area (Å²) in [6, 6.07) is 27.4. The van der Waals surface area contributed by atoms with E-state index in [9.17, 15) is 10.2 Å². The van der Waals surface area contributed by atoms with E-state index in [2.05, 4.69) is 4.90 Å². The van der Waals surface area contributed by atoms with Crippen LogP contribution in [0.4, 0.5) is 0 Å². The predicted molar refractivity (Wildman–Crippen MR) is 121 cm³/mol. The Kier molecular flexibility index (Phi) is 7.63. The van der Waals surface area contributed by atoms with E-state index in [1.807, 2.05) is 99.0 Å². The Morgan fingerprint density at radius 2 is 1.37 bits per heavy atom. The summed E-state index contributed by atoms with van der Waals surface area (Å²) in [6.07, 6.45) is -0.355. The quantitative estimate of drug-likeness (QED) is 0.535. The first-order chi connectivity index (χ1) is 14.5. The Morgan fingerprint density at radius 3 is 1.83 bits per heavy atom. The van der Waals surface area contributed by atoms with Gasteiger partial charge in [-0.05, 0) is 49.3 Å². The van der Waals surface area contributed by atoms with Crippen LogP contribution in [0.25, 0.3) is 0 Å². The van der Waals surface area contributed by atoms with Gasteiger partial charge in [0.1, 0.15) is 12.4 Å². The molecule has 0 amide bonds. The molecular weight excluding hydrogens is 374 g/mol. The Hall–Kier alpha value is -2.66. The highest BCUT2D eigenvalue weighted by molar-refractivity contribution is 5.40. The molecule has 0 saturated heterocycles. The summed E-state index contributed by atoms with van der Waals surface area (Å²) in [6.45, 7) is 1.37. The van der Waals surface area contributed by atoms with Gasteiger partial charge in [0, 0.05) is 12.0 Å². The van der Waals surface area contributed by atoms with Crippen molar-refractivity contribution in [3.8, 4) is 5.75 Å². The third-order valence-electron chi connectivity index (χ3n) is 5.54. The molecule has 4 nitrogen and oxygen atoms in total. The van der Waals surface area contributed by atoms with Gasteiger partial charge >= 0.3 is 0 Å². The maximum absolute atomic E-state index is 11.1. The Balaban J connectivity index is 1.83. The van der Waals surface area contributed by atoms with Crippen LogP contribution in [0.15, 0.2) is 84.9 Å². The minimum Gasteiger partial charge on any atom is -0.492 e. The number of hydrogen-bond donors (Lipinski definition) is 2. The lowest BCUT2D eigenvalue weighted by Gasteiger charge is -2.35. The normalized spacial score (nSPS) is 12.7. The van der Waals surface area contributed by atoms with Gasteiger partial charge in [0.05, 0.1) is 12.7 Å². The fourth-order valence-corrected chi connectivity index (χ4v) is 3.74. The van der Waals surface area contributed by atoms with Crippen LogP contribution in [0.5, 0.6) is 5.75 Å². The molecule has 0 fully saturated rings. The second-order valence-electron chi connectivity index (χ2n) is 7.91. The molecule has 30 heavy (non-hydrogen) atoms. The Morgan fingerprint density at radius 1 is 0.833 bits per heavy atom. The summed E-state index contributed by atoms with van der Waals surface area (Å²) < 4.78 is 5.75. The third-order valence-corrected chi connectivity index (χ3v) is 5.54. The lowest BCUT2D eigenvalue weighted by Crippen LogP contribution is -2.34. The number of hydrogen-bond acceptors (Lipinski definition) is 4. The van der Waals surface area contributed by atoms with Gasteiger partial charge in [-0.15, -0.1) is 0 Å². The number of aliphatic hydroxyl groups is 2. The maximum Gasteiger partial charge on any atom is 0.119 e. The number of rotatable bonds is 10. The lowest BCUT2D eigenvalue weighted by atomic mass is 9.70. The smallest absolute Gasteiger partial charge is 0.119 e. The predicted octanol–water partition coefficient (Wildman–Crippen LogP) is 4.03. The molecule has 158 valence electrons. The first-order valence-electron chi connectivity index (χ1n) is 10.3. The average molecular weight is 406 g/mol. The minimum absolute atomic E-state index is 0.0934. The fourth-order valence-electron chi connectivity index (χ4n) is 3.74. The summed E-state index contributed by atoms with van der Waals surface area (Å²) >= 11 is 0. The first-order valence-corrected chi connectivity index (χ1v) is 10.3. The third kappa shape index (κ3) is 5.28. The SMILES string of the molecule is CN(C)CCOc1ccc(C(O)CC(CO)(c2ccccc2)c2ccccc2)cc1. The van der Waals surface area contributed by atoms with E-state index in [4.69, 9.17) is 4.74 Å². The number of ether oxygens (including phenoxy) is 1. The van der Waals surface area contributed by atoms with Gasteiger partial charge < -0.3 is 19.8 Å². The van der Waals surface area contributed by atoms with Crippen LogP contribution in [0.1, 0.15) is 29.2 Å². The number of nitrogens with zero attached hydrogens (tertiary/aromatic N) is 1. The molecule has 3 aromatic rings. The molecule has 3 aromatic carbocycles. The van der Waals surface area contributed by atoms with Crippen LogP contribution in [0, 0.1) is 0 Å². The van der Waals surface area contributed by atoms with Gasteiger partial charge in [0.25, 0.3) is 0 Å². The standard InChI is InChI=1S/C26H31NO3/c1-27(2)17-18-30-24-15-13-21(14-16-24)25(29)19-26(20-28,22-9-5-3-6-10-22)23-11-7-4-8-12-23/h3-16,25,28-29H,17-20H2,1-2H3. The molecule has 0 aliphatic carbocycles. The van der Waals surface area contributed by atoms with E-state index in [0.29, 0.717) is 13.0 Å². The van der Waals surface area contributed by atoms with Crippen LogP contribution >= 0.6 is 0 Å². The van der Waals surface area contributed by atoms with Crippen molar-refractivity contribution in [2.24, 2.45) is 0 Å². The van der Waals surface area contributed by atoms with Crippen molar-refractivity contribution in [1.29, 1.82) is 0 Å². The lowest BCUT2D eigenvalue weighted by molar-refractivity contribution is 0.112. The van der Waals surface area contributed by atoms with Crippen molar-refractivity contribution < 1.29 is 14.9 Å². The Bertz CT molecular complexity index is 840. The molecule has 0 spiro atoms. The van der Waals surface area contributed by atoms with Crippen molar-refractivity contribution >= 4 is 0 Å². The molecule has 3 rings (SSSR count). The van der Waals surface area contributed by atoms with E-state index in [0.717, 1.165) is 29.0 Å². The van der Waals surface area contributed by atoms with Gasteiger partial charge in [-0.25, -0.2) is 0 Å². The number of benzene rings is 3. The molecule has 0 saturated carbocycles. The van der Waals surface area contributed by atoms with Crippen LogP contribution in [0.3, 0.4) is 0 Å². The summed E-state index contributed by atoms with van der Waals surface area (Å²) in [4.78, 5) is 2.07. The molecule has 0 aromatic heterocycles. The second-order valence-corrected chi connectivity index (χ2v) is 7.91. The van der Waals surface area contributed by atoms with Crippen molar-refractivity contribution in [1.82, 2.24) is 4.90 Å². The molecule has 1 unspecified atom stereocenters. The van der Waals surface area contributed by atoms with E-state index < -0.39 is 11.5 Å². The molecule has 2 N–H and O–H groups in total. The largest absolute Gasteiger partial charge is 0.492 e. The summed E-state index contributed by atoms with van der Waals surface area (Å²) in [5.41, 5.74) is 2.09. The molecular formula is C26H31NO3. The highest BCUT2D eigenvalue weighted by Crippen LogP contribution is 2.40. The topological polar surface area (TPSA) is 52.9 Å². The second kappa shape index (κ2) is 10.4. The molecule has 4 heteroatoms. The van der Waals surface area contributed by atoms with Gasteiger partial charge in [0.15, 0.2) is 0 Å². The fraction of sp³-hybridized carbons (Fsp3) is 0.308. The van der Waals surface area contributed by atoms with Crippen molar-refractivity contribution in [3.05, 3.63) is 102 Å². The number of likely N-dealkylation sites (N-methyl/N-ethyl adjacent to an activating group) is 1. The van der Waals surface area contributed by atoms with Crippen LogP contribution < -0.4 is 4.74 Å². The van der Waals surface area contributed by atoms with Crippen molar-refractivity contribution in [2.45, 2.75) is 17.9 Å². The summed E-state index contributed by atoms with van der Waals surface area (Å²) in [7, 11) is 4.02. The Labute approximate surface area is 179 Å². The first kappa shape index (κ1) is 22.0. The van der Waals surface area contributed by atoms with E-state index >= 15 is 0 Å². The van der Waals surface area contributed by atoms with Crippen LogP contribution in [0.2, 0.25) is 0 Å². The molecule has 0 radical (unpaired) electrons. The van der Waals surface area contributed by atoms with Crippen LogP contribution in [-0.4, -0.2) is 49.0 Å². The molecule has 1 atom stereocenters. The van der Waals surface area contributed by atoms with Gasteiger partial charge in [-0.1, -0.05) is 72.8 Å². The van der Waals surface area contributed by atoms with Crippen LogP contribution in [-0.2, 0) is 5.41 Å². The zero-order valence-corrected chi connectivity index (χ0v) is 17.7. The zero-order chi connectivity index (χ0) is 21.4. The van der Waals surface area contributed by atoms with E-state index in [1.54, 1.807) is 0 Å². The van der Waals surface area contributed by atoms with Gasteiger partial charge in [0.2, 0.25) is 0 Å². The summed E-state index contributed by atoms with van der Waals surface area (Å²) in [5.74, 6) is 0.785. The monoisotopic (exact) mass is 405 g/mol. The molecule has 0 bridgehead atoms. The highest BCUT2D eigenvalue weighted by Gasteiger charge is 2.36. The van der Waals surface area contributed by atoms with E-state index in [-0.39, 0.29) is 6.61 Å². The van der Waals surface area contributed by atoms with Gasteiger partial charge in [-0.2, -0.15) is 0 Å². The average Bonchev–Trinajstić information content (AvgIpc) is 2.79. The minimum atomic E-state index is -0.728. The highest BCUT2D eigenvalue weighted by atomic mass is 16.5. The molecule has 0 aliphatic heterocycles. The summed E-state index contributed by atoms with van der Waals surface area (Å²) in [5, 5.41) is 21.6. The van der Waals surface area contributed by atoms with Crippen molar-refractivity contribution in [2.75, 3.05) is 33.9 Å². The van der Waals surface area contributed by atoms with Crippen molar-refractivity contribution in [3.63, 3.8) is 0 Å². The molecule has 0 heterocycles.